The molecule has 0 radical (unpaired) electrons. The number of halogens is 2. The molecule has 2 aliphatic rings. The zero-order valence-corrected chi connectivity index (χ0v) is 14.4. The molecule has 1 aromatic rings. The molecule has 0 spiro atoms. The van der Waals surface area contributed by atoms with E-state index in [1.165, 1.54) is 0 Å². The maximum absolute atomic E-state index is 13.4. The highest BCUT2D eigenvalue weighted by atomic mass is 19.3. The van der Waals surface area contributed by atoms with Gasteiger partial charge in [-0.3, -0.25) is 0 Å². The number of esters is 1. The van der Waals surface area contributed by atoms with Gasteiger partial charge in [0.2, 0.25) is 0 Å². The molecule has 1 saturated heterocycles. The maximum atomic E-state index is 13.4. The molecule has 138 valence electrons. The van der Waals surface area contributed by atoms with Gasteiger partial charge in [0.25, 0.3) is 5.92 Å². The summed E-state index contributed by atoms with van der Waals surface area (Å²) < 4.78 is 32.2. The monoisotopic (exact) mass is 353 g/mol. The zero-order valence-electron chi connectivity index (χ0n) is 14.4. The van der Waals surface area contributed by atoms with Gasteiger partial charge in [0, 0.05) is 18.8 Å². The number of nitrogens with one attached hydrogen (secondary N) is 1. The van der Waals surface area contributed by atoms with Crippen molar-refractivity contribution in [2.45, 2.75) is 56.7 Å². The Bertz CT molecular complexity index is 614. The Morgan fingerprint density at radius 2 is 1.88 bits per heavy atom. The van der Waals surface area contributed by atoms with Gasteiger partial charge in [-0.2, -0.15) is 0 Å². The van der Waals surface area contributed by atoms with Crippen molar-refractivity contribution in [1.82, 2.24) is 5.32 Å². The molecule has 2 fully saturated rings. The summed E-state index contributed by atoms with van der Waals surface area (Å²) in [6.07, 6.45) is -0.188. The molecule has 6 heteroatoms. The van der Waals surface area contributed by atoms with Crippen LogP contribution in [0.1, 0.15) is 43.2 Å². The lowest BCUT2D eigenvalue weighted by molar-refractivity contribution is -0.181. The van der Waals surface area contributed by atoms with Gasteiger partial charge in [-0.25, -0.2) is 13.6 Å². The Morgan fingerprint density at radius 3 is 2.44 bits per heavy atom. The average molecular weight is 353 g/mol. The molecule has 0 bridgehead atoms. The van der Waals surface area contributed by atoms with Gasteiger partial charge in [0.05, 0.1) is 0 Å². The van der Waals surface area contributed by atoms with Crippen LogP contribution in [0.2, 0.25) is 0 Å². The fourth-order valence-electron chi connectivity index (χ4n) is 3.82. The van der Waals surface area contributed by atoms with Crippen LogP contribution in [0.15, 0.2) is 24.3 Å². The van der Waals surface area contributed by atoms with Crippen molar-refractivity contribution in [3.8, 4) is 0 Å². The van der Waals surface area contributed by atoms with Gasteiger partial charge in [-0.1, -0.05) is 29.8 Å². The van der Waals surface area contributed by atoms with Crippen LogP contribution >= 0.6 is 0 Å². The van der Waals surface area contributed by atoms with E-state index in [2.05, 4.69) is 5.32 Å². The number of alkyl halides is 2. The lowest BCUT2D eigenvalue weighted by atomic mass is 9.76. The van der Waals surface area contributed by atoms with E-state index in [9.17, 15) is 18.7 Å². The van der Waals surface area contributed by atoms with E-state index in [4.69, 9.17) is 4.74 Å². The fraction of sp³-hybridized carbons (Fsp3) is 0.632. The summed E-state index contributed by atoms with van der Waals surface area (Å²) in [5.74, 6) is -3.89. The van der Waals surface area contributed by atoms with E-state index in [0.29, 0.717) is 31.5 Å². The summed E-state index contributed by atoms with van der Waals surface area (Å²) >= 11 is 0. The molecule has 1 heterocycles. The standard InChI is InChI=1S/C19H25F2NO3/c1-13-2-4-14(5-3-13)19(24,15-7-10-22-11-8-15)17(23)25-16-6-9-18(20,21)12-16/h2-5,15-16,22,24H,6-12H2,1H3/t16-,19+/m1/s1. The van der Waals surface area contributed by atoms with Crippen molar-refractivity contribution >= 4 is 5.97 Å². The average Bonchev–Trinajstić information content (AvgIpc) is 2.94. The van der Waals surface area contributed by atoms with Gasteiger partial charge in [0.15, 0.2) is 5.60 Å². The first-order valence-corrected chi connectivity index (χ1v) is 8.90. The minimum Gasteiger partial charge on any atom is -0.460 e. The molecular weight excluding hydrogens is 328 g/mol. The summed E-state index contributed by atoms with van der Waals surface area (Å²) in [5, 5.41) is 14.6. The molecule has 25 heavy (non-hydrogen) atoms. The maximum Gasteiger partial charge on any atom is 0.343 e. The lowest BCUT2D eigenvalue weighted by Crippen LogP contribution is -2.49. The van der Waals surface area contributed by atoms with Crippen LogP contribution in [0.5, 0.6) is 0 Å². The molecule has 1 aliphatic carbocycles. The second kappa shape index (κ2) is 7.00. The van der Waals surface area contributed by atoms with E-state index in [1.54, 1.807) is 12.1 Å². The van der Waals surface area contributed by atoms with Crippen LogP contribution in [-0.4, -0.2) is 36.2 Å². The van der Waals surface area contributed by atoms with Gasteiger partial charge >= 0.3 is 5.97 Å². The van der Waals surface area contributed by atoms with Crippen LogP contribution in [0.25, 0.3) is 0 Å². The van der Waals surface area contributed by atoms with Crippen molar-refractivity contribution in [1.29, 1.82) is 0 Å². The predicted octanol–water partition coefficient (Wildman–Crippen LogP) is 2.91. The quantitative estimate of drug-likeness (QED) is 0.817. The first-order valence-electron chi connectivity index (χ1n) is 8.90. The Hall–Kier alpha value is -1.53. The third-order valence-electron chi connectivity index (χ3n) is 5.36. The summed E-state index contributed by atoms with van der Waals surface area (Å²) in [4.78, 5) is 12.9. The molecule has 1 aliphatic heterocycles. The molecule has 2 atom stereocenters. The van der Waals surface area contributed by atoms with Crippen molar-refractivity contribution < 1.29 is 23.4 Å². The smallest absolute Gasteiger partial charge is 0.343 e. The highest BCUT2D eigenvalue weighted by Crippen LogP contribution is 2.40. The van der Waals surface area contributed by atoms with Crippen LogP contribution in [-0.2, 0) is 15.1 Å². The molecule has 0 amide bonds. The van der Waals surface area contributed by atoms with E-state index >= 15 is 0 Å². The van der Waals surface area contributed by atoms with Crippen LogP contribution in [0.4, 0.5) is 8.78 Å². The van der Waals surface area contributed by atoms with Crippen LogP contribution < -0.4 is 5.32 Å². The lowest BCUT2D eigenvalue weighted by Gasteiger charge is -2.37. The number of rotatable bonds is 4. The minimum atomic E-state index is -2.79. The van der Waals surface area contributed by atoms with Crippen molar-refractivity contribution in [2.24, 2.45) is 5.92 Å². The van der Waals surface area contributed by atoms with Crippen LogP contribution in [0.3, 0.4) is 0 Å². The molecule has 4 nitrogen and oxygen atoms in total. The first-order chi connectivity index (χ1) is 11.8. The third kappa shape index (κ3) is 3.85. The second-order valence-corrected chi connectivity index (χ2v) is 7.28. The first kappa shape index (κ1) is 18.3. The van der Waals surface area contributed by atoms with Gasteiger partial charge in [0.1, 0.15) is 6.10 Å². The predicted molar refractivity (Wildman–Crippen MR) is 89.3 cm³/mol. The van der Waals surface area contributed by atoms with Gasteiger partial charge in [-0.15, -0.1) is 0 Å². The molecule has 0 aromatic heterocycles. The van der Waals surface area contributed by atoms with E-state index in [0.717, 1.165) is 5.56 Å². The number of piperidine rings is 1. The molecule has 2 N–H and O–H groups in total. The van der Waals surface area contributed by atoms with E-state index in [1.807, 2.05) is 19.1 Å². The Balaban J connectivity index is 1.85. The highest BCUT2D eigenvalue weighted by Gasteiger charge is 2.49. The van der Waals surface area contributed by atoms with Crippen molar-refractivity contribution in [2.75, 3.05) is 13.1 Å². The second-order valence-electron chi connectivity index (χ2n) is 7.28. The number of ether oxygens (including phenoxy) is 1. The topological polar surface area (TPSA) is 58.6 Å². The van der Waals surface area contributed by atoms with Crippen LogP contribution in [0, 0.1) is 12.8 Å². The molecular formula is C19H25F2NO3. The van der Waals surface area contributed by atoms with Crippen molar-refractivity contribution in [3.63, 3.8) is 0 Å². The molecule has 1 saturated carbocycles. The summed E-state index contributed by atoms with van der Waals surface area (Å²) in [5.41, 5.74) is -0.312. The summed E-state index contributed by atoms with van der Waals surface area (Å²) in [7, 11) is 0. The number of carbonyl (C=O) groups is 1. The van der Waals surface area contributed by atoms with Crippen molar-refractivity contribution in [3.05, 3.63) is 35.4 Å². The van der Waals surface area contributed by atoms with Gasteiger partial charge < -0.3 is 15.2 Å². The van der Waals surface area contributed by atoms with E-state index < -0.39 is 30.0 Å². The van der Waals surface area contributed by atoms with E-state index in [-0.39, 0.29) is 18.8 Å². The summed E-state index contributed by atoms with van der Waals surface area (Å²) in [6, 6.07) is 7.11. The highest BCUT2D eigenvalue weighted by molar-refractivity contribution is 5.81. The molecule has 0 unspecified atom stereocenters. The number of aryl methyl sites for hydroxylation is 1. The summed E-state index contributed by atoms with van der Waals surface area (Å²) in [6.45, 7) is 3.33. The minimum absolute atomic E-state index is 0.134. The largest absolute Gasteiger partial charge is 0.460 e. The number of benzene rings is 1. The number of hydrogen-bond donors (Lipinski definition) is 2. The Labute approximate surface area is 146 Å². The fourth-order valence-corrected chi connectivity index (χ4v) is 3.82. The SMILES string of the molecule is Cc1ccc([C@@](O)(C(=O)O[C@@H]2CCC(F)(F)C2)C2CCNCC2)cc1. The molecule has 3 rings (SSSR count). The Morgan fingerprint density at radius 1 is 1.24 bits per heavy atom. The third-order valence-corrected chi connectivity index (χ3v) is 5.36. The number of aliphatic hydroxyl groups is 1. The Kier molecular flexibility index (Phi) is 5.11. The molecule has 1 aromatic carbocycles. The normalized spacial score (nSPS) is 26.2. The zero-order chi connectivity index (χ0) is 18.1. The number of hydrogen-bond acceptors (Lipinski definition) is 4. The number of carbonyl (C=O) groups excluding carboxylic acids is 1. The van der Waals surface area contributed by atoms with Gasteiger partial charge in [-0.05, 0) is 44.8 Å².